The van der Waals surface area contributed by atoms with Gasteiger partial charge in [-0.1, -0.05) is 12.1 Å². The topological polar surface area (TPSA) is 87.5 Å². The van der Waals surface area contributed by atoms with E-state index in [1.807, 2.05) is 26.2 Å². The number of benzene rings is 1. The Morgan fingerprint density at radius 1 is 1.14 bits per heavy atom. The van der Waals surface area contributed by atoms with E-state index >= 15 is 0 Å². The van der Waals surface area contributed by atoms with E-state index < -0.39 is 11.7 Å². The van der Waals surface area contributed by atoms with Gasteiger partial charge in [-0.3, -0.25) is 4.79 Å². The third-order valence-corrected chi connectivity index (χ3v) is 4.17. The molecule has 0 aliphatic rings. The zero-order valence-corrected chi connectivity index (χ0v) is 16.0. The van der Waals surface area contributed by atoms with Crippen molar-refractivity contribution in [3.05, 3.63) is 53.6 Å². The number of fused-ring (bicyclic) bond motifs is 1. The molecule has 0 aliphatic carbocycles. The normalized spacial score (nSPS) is 11.1. The zero-order valence-electron chi connectivity index (χ0n) is 16.0. The molecule has 0 saturated carbocycles. The summed E-state index contributed by atoms with van der Waals surface area (Å²) in [5.41, 5.74) is 0.658. The third kappa shape index (κ3) is 5.01. The van der Waals surface area contributed by atoms with Gasteiger partial charge >= 0.3 is 0 Å². The van der Waals surface area contributed by atoms with Gasteiger partial charge in [-0.2, -0.15) is 4.52 Å². The molecule has 2 N–H and O–H groups in total. The summed E-state index contributed by atoms with van der Waals surface area (Å²) < 4.78 is 15.3. The lowest BCUT2D eigenvalue weighted by Gasteiger charge is -2.10. The molecule has 2 aromatic heterocycles. The summed E-state index contributed by atoms with van der Waals surface area (Å²) in [6, 6.07) is 9.59. The Kier molecular flexibility index (Phi) is 6.49. The predicted octanol–water partition coefficient (Wildman–Crippen LogP) is 1.60. The molecule has 8 nitrogen and oxygen atoms in total. The first-order valence-corrected chi connectivity index (χ1v) is 9.17. The van der Waals surface area contributed by atoms with Gasteiger partial charge in [-0.15, -0.1) is 15.3 Å². The van der Waals surface area contributed by atoms with Gasteiger partial charge in [0.1, 0.15) is 11.6 Å². The quantitative estimate of drug-likeness (QED) is 0.544. The summed E-state index contributed by atoms with van der Waals surface area (Å²) in [5, 5.41) is 18.7. The Balaban J connectivity index is 1.58. The van der Waals surface area contributed by atoms with Crippen LogP contribution in [0.25, 0.3) is 5.65 Å². The van der Waals surface area contributed by atoms with Crippen LogP contribution >= 0.6 is 0 Å². The van der Waals surface area contributed by atoms with Gasteiger partial charge in [0.15, 0.2) is 11.5 Å². The van der Waals surface area contributed by atoms with E-state index in [1.165, 1.54) is 12.1 Å². The van der Waals surface area contributed by atoms with Crippen LogP contribution in [0.15, 0.2) is 36.4 Å². The van der Waals surface area contributed by atoms with Crippen molar-refractivity contribution in [1.29, 1.82) is 0 Å². The lowest BCUT2D eigenvalue weighted by Crippen LogP contribution is -2.27. The van der Waals surface area contributed by atoms with Crippen LogP contribution in [-0.4, -0.2) is 64.3 Å². The molecule has 0 atom stereocenters. The van der Waals surface area contributed by atoms with Crippen molar-refractivity contribution in [1.82, 2.24) is 30.0 Å². The number of carbonyl (C=O) groups is 1. The molecule has 2 heterocycles. The number of hydrogen-bond acceptors (Lipinski definition) is 6. The minimum absolute atomic E-state index is 0.0240. The molecule has 3 rings (SSSR count). The van der Waals surface area contributed by atoms with Crippen LogP contribution in [0.3, 0.4) is 0 Å². The number of aromatic nitrogens is 4. The molecular formula is C19H24FN7O. The predicted molar refractivity (Wildman–Crippen MR) is 105 cm³/mol. The van der Waals surface area contributed by atoms with Crippen molar-refractivity contribution >= 4 is 17.4 Å². The second-order valence-electron chi connectivity index (χ2n) is 6.67. The molecule has 148 valence electrons. The van der Waals surface area contributed by atoms with Crippen LogP contribution in [0.5, 0.6) is 0 Å². The maximum absolute atomic E-state index is 13.7. The smallest absolute Gasteiger partial charge is 0.254 e. The van der Waals surface area contributed by atoms with Crippen molar-refractivity contribution in [3.8, 4) is 0 Å². The largest absolute Gasteiger partial charge is 0.369 e. The summed E-state index contributed by atoms with van der Waals surface area (Å²) >= 11 is 0. The van der Waals surface area contributed by atoms with E-state index in [4.69, 9.17) is 0 Å². The summed E-state index contributed by atoms with van der Waals surface area (Å²) in [4.78, 5) is 14.2. The molecule has 0 bridgehead atoms. The minimum atomic E-state index is -0.542. The Morgan fingerprint density at radius 3 is 2.75 bits per heavy atom. The van der Waals surface area contributed by atoms with Crippen LogP contribution in [0.2, 0.25) is 0 Å². The van der Waals surface area contributed by atoms with Crippen LogP contribution in [0.1, 0.15) is 22.6 Å². The molecule has 0 aliphatic heterocycles. The van der Waals surface area contributed by atoms with Gasteiger partial charge in [0.2, 0.25) is 0 Å². The van der Waals surface area contributed by atoms with E-state index in [1.54, 1.807) is 16.6 Å². The monoisotopic (exact) mass is 385 g/mol. The number of nitrogens with one attached hydrogen (secondary N) is 2. The van der Waals surface area contributed by atoms with Crippen molar-refractivity contribution in [2.45, 2.75) is 12.8 Å². The molecule has 9 heteroatoms. The lowest BCUT2D eigenvalue weighted by molar-refractivity contribution is 0.0950. The van der Waals surface area contributed by atoms with Crippen LogP contribution < -0.4 is 10.6 Å². The summed E-state index contributed by atoms with van der Waals surface area (Å²) in [6.45, 7) is 2.11. The maximum atomic E-state index is 13.7. The number of carbonyl (C=O) groups excluding carboxylic acids is 1. The number of anilines is 1. The van der Waals surface area contributed by atoms with Gasteiger partial charge < -0.3 is 15.5 Å². The highest BCUT2D eigenvalue weighted by Crippen LogP contribution is 2.08. The highest BCUT2D eigenvalue weighted by molar-refractivity contribution is 5.94. The lowest BCUT2D eigenvalue weighted by atomic mass is 10.2. The van der Waals surface area contributed by atoms with E-state index in [9.17, 15) is 9.18 Å². The number of halogens is 1. The Hall–Kier alpha value is -3.07. The van der Waals surface area contributed by atoms with E-state index in [-0.39, 0.29) is 5.56 Å². The van der Waals surface area contributed by atoms with Gasteiger partial charge in [0, 0.05) is 19.5 Å². The second-order valence-corrected chi connectivity index (χ2v) is 6.67. The number of amides is 1. The fourth-order valence-electron chi connectivity index (χ4n) is 2.72. The van der Waals surface area contributed by atoms with Crippen molar-refractivity contribution in [2.75, 3.05) is 39.0 Å². The summed E-state index contributed by atoms with van der Waals surface area (Å²) in [5.74, 6) is 0.367. The summed E-state index contributed by atoms with van der Waals surface area (Å²) in [7, 11) is 4.08. The summed E-state index contributed by atoms with van der Waals surface area (Å²) in [6.07, 6.45) is 1.43. The van der Waals surface area contributed by atoms with Crippen molar-refractivity contribution in [3.63, 3.8) is 0 Å². The maximum Gasteiger partial charge on any atom is 0.254 e. The van der Waals surface area contributed by atoms with Gasteiger partial charge in [0.05, 0.1) is 5.56 Å². The van der Waals surface area contributed by atoms with Crippen LogP contribution in [0, 0.1) is 5.82 Å². The average Bonchev–Trinajstić information content (AvgIpc) is 3.08. The Bertz CT molecular complexity index is 941. The number of nitrogens with zero attached hydrogens (tertiary/aromatic N) is 5. The van der Waals surface area contributed by atoms with E-state index in [0.717, 1.165) is 25.3 Å². The Morgan fingerprint density at radius 2 is 1.96 bits per heavy atom. The molecule has 0 fully saturated rings. The number of hydrogen-bond donors (Lipinski definition) is 2. The van der Waals surface area contributed by atoms with Crippen molar-refractivity contribution in [2.24, 2.45) is 0 Å². The van der Waals surface area contributed by atoms with Gasteiger partial charge in [-0.05, 0) is 51.3 Å². The van der Waals surface area contributed by atoms with Gasteiger partial charge in [-0.25, -0.2) is 4.39 Å². The highest BCUT2D eigenvalue weighted by Gasteiger charge is 2.12. The molecule has 1 aromatic carbocycles. The first-order valence-electron chi connectivity index (χ1n) is 9.17. The molecule has 0 unspecified atom stereocenters. The standard InChI is InChI=1S/C19H24FN7O/c1-26(2)13-5-11-21-16-8-9-17-23-24-18(27(17)25-16)10-12-22-19(28)14-6-3-4-7-15(14)20/h3-4,6-9H,5,10-13H2,1-2H3,(H,21,25)(H,22,28). The Labute approximate surface area is 162 Å². The van der Waals surface area contributed by atoms with E-state index in [2.05, 4.69) is 30.8 Å². The first kappa shape index (κ1) is 19.7. The zero-order chi connectivity index (χ0) is 19.9. The SMILES string of the molecule is CN(C)CCCNc1ccc2nnc(CCNC(=O)c3ccccc3F)n2n1. The van der Waals surface area contributed by atoms with E-state index in [0.29, 0.717) is 24.4 Å². The first-order chi connectivity index (χ1) is 13.5. The van der Waals surface area contributed by atoms with Gasteiger partial charge in [0.25, 0.3) is 5.91 Å². The molecule has 0 saturated heterocycles. The van der Waals surface area contributed by atoms with Crippen LogP contribution in [0.4, 0.5) is 10.2 Å². The molecule has 1 amide bonds. The van der Waals surface area contributed by atoms with Crippen LogP contribution in [-0.2, 0) is 6.42 Å². The molecule has 0 spiro atoms. The molecular weight excluding hydrogens is 361 g/mol. The third-order valence-electron chi connectivity index (χ3n) is 4.17. The van der Waals surface area contributed by atoms with Crippen molar-refractivity contribution < 1.29 is 9.18 Å². The molecule has 28 heavy (non-hydrogen) atoms. The fourth-order valence-corrected chi connectivity index (χ4v) is 2.72. The average molecular weight is 385 g/mol. The number of rotatable bonds is 9. The fraction of sp³-hybridized carbons (Fsp3) is 0.368. The molecule has 3 aromatic rings. The second kappa shape index (κ2) is 9.23. The molecule has 0 radical (unpaired) electrons. The highest BCUT2D eigenvalue weighted by atomic mass is 19.1. The minimum Gasteiger partial charge on any atom is -0.369 e.